The minimum Gasteiger partial charge on any atom is -0.478 e. The van der Waals surface area contributed by atoms with Crippen LogP contribution in [0.4, 0.5) is 0 Å². The maximum absolute atomic E-state index is 11.6. The summed E-state index contributed by atoms with van der Waals surface area (Å²) in [6.07, 6.45) is 1.89. The van der Waals surface area contributed by atoms with Crippen LogP contribution in [0.1, 0.15) is 42.7 Å². The highest BCUT2D eigenvalue weighted by atomic mass is 16.4. The van der Waals surface area contributed by atoms with Crippen LogP contribution in [0.5, 0.6) is 0 Å². The third-order valence-electron chi connectivity index (χ3n) is 2.56. The molecule has 0 aliphatic rings. The summed E-state index contributed by atoms with van der Waals surface area (Å²) in [7, 11) is 0. The molecule has 0 radical (unpaired) electrons. The number of carbonyl (C=O) groups is 1. The van der Waals surface area contributed by atoms with Gasteiger partial charge in [0.2, 0.25) is 0 Å². The fourth-order valence-corrected chi connectivity index (χ4v) is 1.61. The minimum atomic E-state index is -1.11. The van der Waals surface area contributed by atoms with E-state index in [9.17, 15) is 9.59 Å². The molecule has 1 aromatic heterocycles. The number of carboxylic acids is 1. The Morgan fingerprint density at radius 3 is 2.71 bits per heavy atom. The summed E-state index contributed by atoms with van der Waals surface area (Å²) in [6, 6.07) is 1.14. The molecular formula is C12H18N2O3. The van der Waals surface area contributed by atoms with E-state index in [1.807, 2.05) is 0 Å². The molecule has 0 saturated heterocycles. The lowest BCUT2D eigenvalue weighted by Crippen LogP contribution is -2.25. The number of aryl methyl sites for hydroxylation is 2. The van der Waals surface area contributed by atoms with Gasteiger partial charge in [-0.15, -0.1) is 0 Å². The van der Waals surface area contributed by atoms with E-state index in [0.29, 0.717) is 18.2 Å². The van der Waals surface area contributed by atoms with E-state index in [0.717, 1.165) is 18.9 Å². The maximum atomic E-state index is 11.6. The van der Waals surface area contributed by atoms with Gasteiger partial charge in [0.15, 0.2) is 0 Å². The first-order chi connectivity index (χ1) is 7.91. The van der Waals surface area contributed by atoms with Crippen LogP contribution in [-0.4, -0.2) is 20.9 Å². The van der Waals surface area contributed by atoms with Gasteiger partial charge in [-0.05, 0) is 25.7 Å². The van der Waals surface area contributed by atoms with Gasteiger partial charge in [0.05, 0.1) is 11.3 Å². The quantitative estimate of drug-likeness (QED) is 0.847. The Labute approximate surface area is 100 Å². The number of hydrogen-bond donors (Lipinski definition) is 1. The van der Waals surface area contributed by atoms with Crippen molar-refractivity contribution in [2.75, 3.05) is 0 Å². The molecule has 94 valence electrons. The first-order valence-corrected chi connectivity index (χ1v) is 5.74. The normalized spacial score (nSPS) is 10.8. The highest BCUT2D eigenvalue weighted by molar-refractivity contribution is 5.88. The molecule has 0 bridgehead atoms. The van der Waals surface area contributed by atoms with Gasteiger partial charge in [-0.25, -0.2) is 9.48 Å². The largest absolute Gasteiger partial charge is 0.478 e. The maximum Gasteiger partial charge on any atom is 0.337 e. The zero-order chi connectivity index (χ0) is 13.0. The molecule has 0 spiro atoms. The van der Waals surface area contributed by atoms with Crippen LogP contribution >= 0.6 is 0 Å². The van der Waals surface area contributed by atoms with Gasteiger partial charge in [0, 0.05) is 12.6 Å². The summed E-state index contributed by atoms with van der Waals surface area (Å²) in [5, 5.41) is 12.9. The number of hydrogen-bond acceptors (Lipinski definition) is 3. The fraction of sp³-hybridized carbons (Fsp3) is 0.583. The molecule has 0 saturated carbocycles. The smallest absolute Gasteiger partial charge is 0.337 e. The molecule has 1 N–H and O–H groups in total. The molecule has 17 heavy (non-hydrogen) atoms. The third kappa shape index (κ3) is 3.69. The average Bonchev–Trinajstić information content (AvgIpc) is 2.21. The zero-order valence-corrected chi connectivity index (χ0v) is 10.4. The van der Waals surface area contributed by atoms with Crippen molar-refractivity contribution >= 4 is 5.97 Å². The lowest BCUT2D eigenvalue weighted by atomic mass is 10.1. The van der Waals surface area contributed by atoms with Crippen molar-refractivity contribution < 1.29 is 9.90 Å². The van der Waals surface area contributed by atoms with E-state index < -0.39 is 5.97 Å². The van der Waals surface area contributed by atoms with Crippen LogP contribution < -0.4 is 5.56 Å². The van der Waals surface area contributed by atoms with Crippen molar-refractivity contribution in [3.8, 4) is 0 Å². The van der Waals surface area contributed by atoms with Crippen LogP contribution in [0.25, 0.3) is 0 Å². The Balaban J connectivity index is 2.85. The van der Waals surface area contributed by atoms with E-state index >= 15 is 0 Å². The summed E-state index contributed by atoms with van der Waals surface area (Å²) in [5.41, 5.74) is 0.00788. The van der Waals surface area contributed by atoms with Gasteiger partial charge >= 0.3 is 5.97 Å². The van der Waals surface area contributed by atoms with Crippen LogP contribution in [0.3, 0.4) is 0 Å². The monoisotopic (exact) mass is 238 g/mol. The molecule has 0 fully saturated rings. The Morgan fingerprint density at radius 1 is 1.53 bits per heavy atom. The van der Waals surface area contributed by atoms with Gasteiger partial charge in [0.1, 0.15) is 0 Å². The van der Waals surface area contributed by atoms with Crippen molar-refractivity contribution in [3.05, 3.63) is 27.7 Å². The summed E-state index contributed by atoms with van der Waals surface area (Å²) in [6.45, 7) is 6.38. The van der Waals surface area contributed by atoms with Gasteiger partial charge < -0.3 is 5.11 Å². The number of aromatic nitrogens is 2. The van der Waals surface area contributed by atoms with Crippen molar-refractivity contribution in [3.63, 3.8) is 0 Å². The summed E-state index contributed by atoms with van der Waals surface area (Å²) in [4.78, 5) is 22.4. The van der Waals surface area contributed by atoms with E-state index in [1.165, 1.54) is 4.68 Å². The molecular weight excluding hydrogens is 220 g/mol. The molecule has 0 unspecified atom stereocenters. The standard InChI is InChI=1S/C12H18N2O3/c1-8(2)5-4-6-14-11(15)7-10(12(16)17)9(3)13-14/h7-8H,4-6H2,1-3H3,(H,16,17). The minimum absolute atomic E-state index is 0.0184. The summed E-state index contributed by atoms with van der Waals surface area (Å²) >= 11 is 0. The Kier molecular flexibility index (Phi) is 4.43. The van der Waals surface area contributed by atoms with E-state index in [1.54, 1.807) is 6.92 Å². The molecule has 1 aromatic rings. The van der Waals surface area contributed by atoms with Gasteiger partial charge in [-0.3, -0.25) is 4.79 Å². The Bertz CT molecular complexity index is 463. The molecule has 1 heterocycles. The summed E-state index contributed by atoms with van der Waals surface area (Å²) in [5.74, 6) is -0.522. The first kappa shape index (κ1) is 13.4. The number of nitrogens with zero attached hydrogens (tertiary/aromatic N) is 2. The molecule has 0 aliphatic heterocycles. The van der Waals surface area contributed by atoms with Crippen molar-refractivity contribution in [1.82, 2.24) is 9.78 Å². The predicted molar refractivity (Wildman–Crippen MR) is 64.3 cm³/mol. The van der Waals surface area contributed by atoms with Crippen LogP contribution in [0.2, 0.25) is 0 Å². The Hall–Kier alpha value is -1.65. The first-order valence-electron chi connectivity index (χ1n) is 5.74. The molecule has 0 atom stereocenters. The van der Waals surface area contributed by atoms with Crippen molar-refractivity contribution in [2.24, 2.45) is 5.92 Å². The van der Waals surface area contributed by atoms with Crippen LogP contribution in [0.15, 0.2) is 10.9 Å². The summed E-state index contributed by atoms with van der Waals surface area (Å²) < 4.78 is 1.34. The molecule has 0 aromatic carbocycles. The molecule has 5 heteroatoms. The second-order valence-electron chi connectivity index (χ2n) is 4.55. The van der Waals surface area contributed by atoms with Gasteiger partial charge in [0.25, 0.3) is 5.56 Å². The van der Waals surface area contributed by atoms with Crippen LogP contribution in [0, 0.1) is 12.8 Å². The van der Waals surface area contributed by atoms with Gasteiger partial charge in [-0.1, -0.05) is 13.8 Å². The second kappa shape index (κ2) is 5.61. The lowest BCUT2D eigenvalue weighted by molar-refractivity contribution is 0.0695. The third-order valence-corrected chi connectivity index (χ3v) is 2.56. The molecule has 1 rings (SSSR count). The molecule has 0 amide bonds. The van der Waals surface area contributed by atoms with E-state index in [2.05, 4.69) is 18.9 Å². The predicted octanol–water partition coefficient (Wildman–Crippen LogP) is 1.69. The van der Waals surface area contributed by atoms with Crippen molar-refractivity contribution in [1.29, 1.82) is 0 Å². The number of carboxylic acid groups (broad SMARTS) is 1. The SMILES string of the molecule is Cc1nn(CCCC(C)C)c(=O)cc1C(=O)O. The fourth-order valence-electron chi connectivity index (χ4n) is 1.61. The van der Waals surface area contributed by atoms with Gasteiger partial charge in [-0.2, -0.15) is 5.10 Å². The molecule has 0 aliphatic carbocycles. The number of aromatic carboxylic acids is 1. The molecule has 5 nitrogen and oxygen atoms in total. The lowest BCUT2D eigenvalue weighted by Gasteiger charge is -2.08. The highest BCUT2D eigenvalue weighted by Crippen LogP contribution is 2.05. The van der Waals surface area contributed by atoms with Crippen LogP contribution in [-0.2, 0) is 6.54 Å². The Morgan fingerprint density at radius 2 is 2.18 bits per heavy atom. The number of rotatable bonds is 5. The van der Waals surface area contributed by atoms with Crippen molar-refractivity contribution in [2.45, 2.75) is 40.2 Å². The second-order valence-corrected chi connectivity index (χ2v) is 4.55. The highest BCUT2D eigenvalue weighted by Gasteiger charge is 2.11. The van der Waals surface area contributed by atoms with E-state index in [-0.39, 0.29) is 11.1 Å². The zero-order valence-electron chi connectivity index (χ0n) is 10.4. The topological polar surface area (TPSA) is 72.2 Å². The average molecular weight is 238 g/mol. The van der Waals surface area contributed by atoms with E-state index in [4.69, 9.17) is 5.11 Å².